The molecule has 1 N–H and O–H groups in total. The number of nitrogens with zero attached hydrogens (tertiary/aromatic N) is 2. The minimum Gasteiger partial charge on any atom is -0.379 e. The minimum absolute atomic E-state index is 0.122. The first-order valence-electron chi connectivity index (χ1n) is 11.1. The average Bonchev–Trinajstić information content (AvgIpc) is 2.78. The average molecular weight is 472 g/mol. The number of para-hydroxylation sites is 1. The molecule has 0 saturated heterocycles. The summed E-state index contributed by atoms with van der Waals surface area (Å²) in [5.41, 5.74) is 1.29. The molecule has 3 aromatic rings. The summed E-state index contributed by atoms with van der Waals surface area (Å²) in [5, 5.41) is 3.52. The lowest BCUT2D eigenvalue weighted by molar-refractivity contribution is -0.120. The van der Waals surface area contributed by atoms with Gasteiger partial charge in [-0.2, -0.15) is 0 Å². The van der Waals surface area contributed by atoms with Gasteiger partial charge in [0, 0.05) is 13.2 Å². The predicted molar refractivity (Wildman–Crippen MR) is 130 cm³/mol. The van der Waals surface area contributed by atoms with Crippen molar-refractivity contribution in [3.8, 4) is 0 Å². The van der Waals surface area contributed by atoms with E-state index in [1.165, 1.54) is 23.9 Å². The van der Waals surface area contributed by atoms with Crippen LogP contribution in [0.5, 0.6) is 0 Å². The molecule has 0 aliphatic heterocycles. The van der Waals surface area contributed by atoms with Crippen LogP contribution >= 0.6 is 11.8 Å². The van der Waals surface area contributed by atoms with Crippen LogP contribution in [0.1, 0.15) is 45.7 Å². The van der Waals surface area contributed by atoms with E-state index < -0.39 is 5.25 Å². The van der Waals surface area contributed by atoms with E-state index in [1.807, 2.05) is 32.9 Å². The van der Waals surface area contributed by atoms with Crippen LogP contribution in [0.2, 0.25) is 0 Å². The predicted octanol–water partition coefficient (Wildman–Crippen LogP) is 4.71. The van der Waals surface area contributed by atoms with Gasteiger partial charge in [-0.25, -0.2) is 9.37 Å². The van der Waals surface area contributed by atoms with Gasteiger partial charge in [-0.3, -0.25) is 14.2 Å². The van der Waals surface area contributed by atoms with Crippen LogP contribution in [0.4, 0.5) is 4.39 Å². The summed E-state index contributed by atoms with van der Waals surface area (Å²) in [6, 6.07) is 13.0. The van der Waals surface area contributed by atoms with Crippen LogP contribution in [-0.2, 0) is 16.1 Å². The maximum atomic E-state index is 13.2. The molecule has 8 heteroatoms. The zero-order valence-electron chi connectivity index (χ0n) is 19.4. The van der Waals surface area contributed by atoms with Gasteiger partial charge in [0.1, 0.15) is 5.82 Å². The summed E-state index contributed by atoms with van der Waals surface area (Å²) >= 11 is 1.25. The third-order valence-corrected chi connectivity index (χ3v) is 6.27. The first-order valence-corrected chi connectivity index (χ1v) is 12.0. The van der Waals surface area contributed by atoms with Crippen molar-refractivity contribution in [3.63, 3.8) is 0 Å². The van der Waals surface area contributed by atoms with Crippen LogP contribution in [0, 0.1) is 5.82 Å². The van der Waals surface area contributed by atoms with Crippen LogP contribution in [0.25, 0.3) is 10.9 Å². The fraction of sp³-hybridized carbons (Fsp3) is 0.400. The quantitative estimate of drug-likeness (QED) is 0.263. The highest BCUT2D eigenvalue weighted by Gasteiger charge is 2.21. The fourth-order valence-corrected chi connectivity index (χ4v) is 4.30. The summed E-state index contributed by atoms with van der Waals surface area (Å²) in [5.74, 6) is -0.505. The minimum atomic E-state index is -0.487. The van der Waals surface area contributed by atoms with E-state index >= 15 is 0 Å². The number of rotatable bonds is 10. The van der Waals surface area contributed by atoms with Crippen LogP contribution in [0.3, 0.4) is 0 Å². The Morgan fingerprint density at radius 2 is 1.82 bits per heavy atom. The highest BCUT2D eigenvalue weighted by Crippen LogP contribution is 2.24. The summed E-state index contributed by atoms with van der Waals surface area (Å²) in [7, 11) is 0. The van der Waals surface area contributed by atoms with Gasteiger partial charge in [0.15, 0.2) is 5.16 Å². The second kappa shape index (κ2) is 11.4. The highest BCUT2D eigenvalue weighted by molar-refractivity contribution is 8.00. The molecule has 0 aliphatic rings. The number of hydrogen-bond acceptors (Lipinski definition) is 5. The van der Waals surface area contributed by atoms with Gasteiger partial charge in [-0.05, 0) is 63.9 Å². The van der Waals surface area contributed by atoms with E-state index in [1.54, 1.807) is 35.8 Å². The highest BCUT2D eigenvalue weighted by atomic mass is 32.2. The Morgan fingerprint density at radius 1 is 1.12 bits per heavy atom. The first kappa shape index (κ1) is 24.9. The number of hydrogen-bond donors (Lipinski definition) is 1. The Balaban J connectivity index is 1.77. The molecule has 0 fully saturated rings. The lowest BCUT2D eigenvalue weighted by Gasteiger charge is -2.19. The van der Waals surface area contributed by atoms with Crippen molar-refractivity contribution >= 4 is 28.6 Å². The Labute approximate surface area is 197 Å². The number of halogens is 1. The summed E-state index contributed by atoms with van der Waals surface area (Å²) in [6.45, 7) is 8.56. The third kappa shape index (κ3) is 6.65. The van der Waals surface area contributed by atoms with Gasteiger partial charge >= 0.3 is 0 Å². The van der Waals surface area contributed by atoms with Gasteiger partial charge in [-0.15, -0.1) is 0 Å². The molecular weight excluding hydrogens is 441 g/mol. The van der Waals surface area contributed by atoms with Gasteiger partial charge in [0.2, 0.25) is 5.91 Å². The lowest BCUT2D eigenvalue weighted by atomic mass is 10.1. The van der Waals surface area contributed by atoms with Gasteiger partial charge in [-0.1, -0.05) is 36.0 Å². The molecule has 1 heterocycles. The molecule has 0 aliphatic carbocycles. The van der Waals surface area contributed by atoms with Gasteiger partial charge in [0.25, 0.3) is 5.56 Å². The summed E-state index contributed by atoms with van der Waals surface area (Å²) in [6.07, 6.45) is 0.783. The molecule has 0 spiro atoms. The lowest BCUT2D eigenvalue weighted by Crippen LogP contribution is -2.34. The SMILES string of the molecule is CC(C)OCCCn1c(SC(C)C(=O)NC(C)c2ccc(F)cc2)nc2ccccc2c1=O. The van der Waals surface area contributed by atoms with Crippen molar-refractivity contribution in [1.29, 1.82) is 0 Å². The van der Waals surface area contributed by atoms with Crippen molar-refractivity contribution in [3.05, 3.63) is 70.3 Å². The topological polar surface area (TPSA) is 73.2 Å². The molecule has 1 aromatic heterocycles. The zero-order chi connectivity index (χ0) is 24.0. The molecule has 1 amide bonds. The molecule has 6 nitrogen and oxygen atoms in total. The van der Waals surface area contributed by atoms with E-state index in [2.05, 4.69) is 10.3 Å². The molecule has 0 radical (unpaired) electrons. The van der Waals surface area contributed by atoms with E-state index in [9.17, 15) is 14.0 Å². The van der Waals surface area contributed by atoms with Crippen molar-refractivity contribution < 1.29 is 13.9 Å². The standard InChI is InChI=1S/C25H30FN3O3S/c1-16(2)32-15-7-14-29-24(31)21-8-5-6-9-22(21)28-25(29)33-18(4)23(30)27-17(3)19-10-12-20(26)13-11-19/h5-6,8-13,16-18H,7,14-15H2,1-4H3,(H,27,30). The second-order valence-electron chi connectivity index (χ2n) is 8.18. The number of aromatic nitrogens is 2. The number of carbonyl (C=O) groups excluding carboxylic acids is 1. The molecule has 2 atom stereocenters. The molecule has 0 saturated carbocycles. The summed E-state index contributed by atoms with van der Waals surface area (Å²) < 4.78 is 20.4. The van der Waals surface area contributed by atoms with E-state index in [-0.39, 0.29) is 29.4 Å². The maximum absolute atomic E-state index is 13.2. The zero-order valence-corrected chi connectivity index (χ0v) is 20.2. The molecule has 3 rings (SSSR count). The Hall–Kier alpha value is -2.71. The first-order chi connectivity index (χ1) is 15.8. The molecular formula is C25H30FN3O3S. The monoisotopic (exact) mass is 471 g/mol. The number of benzene rings is 2. The van der Waals surface area contributed by atoms with Crippen LogP contribution in [0.15, 0.2) is 58.5 Å². The van der Waals surface area contributed by atoms with Crippen molar-refractivity contribution in [1.82, 2.24) is 14.9 Å². The number of amides is 1. The van der Waals surface area contributed by atoms with E-state index in [0.29, 0.717) is 35.6 Å². The van der Waals surface area contributed by atoms with Crippen LogP contribution in [-0.4, -0.2) is 33.4 Å². The largest absolute Gasteiger partial charge is 0.379 e. The third-order valence-electron chi connectivity index (χ3n) is 5.18. The summed E-state index contributed by atoms with van der Waals surface area (Å²) in [4.78, 5) is 30.7. The fourth-order valence-electron chi connectivity index (χ4n) is 3.35. The van der Waals surface area contributed by atoms with Crippen molar-refractivity contribution in [2.75, 3.05) is 6.61 Å². The molecule has 176 valence electrons. The van der Waals surface area contributed by atoms with Crippen molar-refractivity contribution in [2.24, 2.45) is 0 Å². The van der Waals surface area contributed by atoms with Gasteiger partial charge in [0.05, 0.1) is 28.3 Å². The Kier molecular flexibility index (Phi) is 8.63. The Bertz CT molecular complexity index is 1150. The van der Waals surface area contributed by atoms with E-state index in [0.717, 1.165) is 5.56 Å². The van der Waals surface area contributed by atoms with Crippen molar-refractivity contribution in [2.45, 2.75) is 63.2 Å². The number of ether oxygens (including phenoxy) is 1. The second-order valence-corrected chi connectivity index (χ2v) is 9.49. The number of thioether (sulfide) groups is 1. The smallest absolute Gasteiger partial charge is 0.262 e. The Morgan fingerprint density at radius 3 is 2.52 bits per heavy atom. The normalized spacial score (nSPS) is 13.3. The van der Waals surface area contributed by atoms with Gasteiger partial charge < -0.3 is 10.1 Å². The molecule has 2 unspecified atom stereocenters. The number of nitrogens with one attached hydrogen (secondary N) is 1. The number of carbonyl (C=O) groups is 1. The van der Waals surface area contributed by atoms with E-state index in [4.69, 9.17) is 4.74 Å². The molecule has 0 bridgehead atoms. The molecule has 2 aromatic carbocycles. The van der Waals surface area contributed by atoms with Crippen LogP contribution < -0.4 is 10.9 Å². The number of fused-ring (bicyclic) bond motifs is 1. The maximum Gasteiger partial charge on any atom is 0.262 e. The molecule has 33 heavy (non-hydrogen) atoms.